The Morgan fingerprint density at radius 2 is 2.00 bits per heavy atom. The number of nitrogens with two attached hydrogens (primary N) is 1. The van der Waals surface area contributed by atoms with Crippen LogP contribution in [-0.4, -0.2) is 19.0 Å². The normalized spacial score (nSPS) is 17.9. The van der Waals surface area contributed by atoms with Crippen LogP contribution >= 0.6 is 11.3 Å². The fourth-order valence-corrected chi connectivity index (χ4v) is 3.62. The molecule has 0 saturated heterocycles. The fourth-order valence-electron chi connectivity index (χ4n) is 2.66. The molecule has 0 atom stereocenters. The predicted molar refractivity (Wildman–Crippen MR) is 79.7 cm³/mol. The molecule has 0 bridgehead atoms. The highest BCUT2D eigenvalue weighted by Gasteiger charge is 2.42. The molecule has 2 saturated carbocycles. The zero-order chi connectivity index (χ0) is 14.3. The molecular weight excluding hydrogens is 272 g/mol. The van der Waals surface area contributed by atoms with Crippen molar-refractivity contribution in [1.29, 1.82) is 5.26 Å². The number of rotatable bonds is 5. The third-order valence-corrected chi connectivity index (χ3v) is 5.10. The van der Waals surface area contributed by atoms with Gasteiger partial charge in [-0.1, -0.05) is 0 Å². The van der Waals surface area contributed by atoms with Gasteiger partial charge in [-0.25, -0.2) is 0 Å². The molecule has 6 heteroatoms. The molecule has 0 aromatic carbocycles. The maximum atomic E-state index is 12.0. The Bertz CT molecular complexity index is 569. The summed E-state index contributed by atoms with van der Waals surface area (Å²) in [5.74, 6) is 1.20. The topological polar surface area (TPSA) is 90.9 Å². The molecular formula is C14H18N4OS. The second-order valence-corrected chi connectivity index (χ2v) is 6.61. The summed E-state index contributed by atoms with van der Waals surface area (Å²) < 4.78 is 0. The Kier molecular flexibility index (Phi) is 3.30. The van der Waals surface area contributed by atoms with Crippen molar-refractivity contribution in [2.24, 2.45) is 11.8 Å². The standard InChI is InChI=1S/C14H18N4OS/c1-17-13(19)10-11(16)9(6-15)20-14(10)18-12(7-2-3-7)8-4-5-8/h7-8,12,18H,2-5,16H2,1H3,(H,17,19). The summed E-state index contributed by atoms with van der Waals surface area (Å²) >= 11 is 1.29. The Balaban J connectivity index is 1.91. The molecule has 0 unspecified atom stereocenters. The van der Waals surface area contributed by atoms with Crippen LogP contribution in [0.5, 0.6) is 0 Å². The van der Waals surface area contributed by atoms with E-state index in [-0.39, 0.29) is 5.91 Å². The number of nitrogens with one attached hydrogen (secondary N) is 2. The molecule has 0 aliphatic heterocycles. The van der Waals surface area contributed by atoms with E-state index in [1.54, 1.807) is 7.05 Å². The van der Waals surface area contributed by atoms with Gasteiger partial charge in [0, 0.05) is 13.1 Å². The number of hydrogen-bond acceptors (Lipinski definition) is 5. The molecule has 2 aliphatic carbocycles. The van der Waals surface area contributed by atoms with E-state index in [4.69, 9.17) is 11.0 Å². The van der Waals surface area contributed by atoms with Gasteiger partial charge >= 0.3 is 0 Å². The first-order valence-corrected chi connectivity index (χ1v) is 7.78. The molecule has 106 valence electrons. The molecule has 1 amide bonds. The second-order valence-electron chi connectivity index (χ2n) is 5.58. The van der Waals surface area contributed by atoms with Crippen molar-refractivity contribution in [2.75, 3.05) is 18.1 Å². The van der Waals surface area contributed by atoms with Crippen molar-refractivity contribution in [3.05, 3.63) is 10.4 Å². The number of anilines is 2. The molecule has 0 spiro atoms. The van der Waals surface area contributed by atoms with Crippen LogP contribution in [0.2, 0.25) is 0 Å². The number of nitrogens with zero attached hydrogens (tertiary/aromatic N) is 1. The number of thiophene rings is 1. The molecule has 3 rings (SSSR count). The predicted octanol–water partition coefficient (Wildman–Crippen LogP) is 2.16. The van der Waals surface area contributed by atoms with E-state index >= 15 is 0 Å². The van der Waals surface area contributed by atoms with Gasteiger partial charge in [0.25, 0.3) is 5.91 Å². The number of carbonyl (C=O) groups is 1. The molecule has 5 nitrogen and oxygen atoms in total. The van der Waals surface area contributed by atoms with Crippen LogP contribution in [-0.2, 0) is 0 Å². The SMILES string of the molecule is CNC(=O)c1c(NC(C2CC2)C2CC2)sc(C#N)c1N. The summed E-state index contributed by atoms with van der Waals surface area (Å²) in [6.07, 6.45) is 5.04. The molecule has 1 aromatic heterocycles. The lowest BCUT2D eigenvalue weighted by molar-refractivity contribution is 0.0965. The number of nitriles is 1. The van der Waals surface area contributed by atoms with Gasteiger partial charge in [-0.15, -0.1) is 11.3 Å². The quantitative estimate of drug-likeness (QED) is 0.775. The zero-order valence-electron chi connectivity index (χ0n) is 11.4. The van der Waals surface area contributed by atoms with Crippen LogP contribution in [0.4, 0.5) is 10.7 Å². The number of carbonyl (C=O) groups excluding carboxylic acids is 1. The molecule has 20 heavy (non-hydrogen) atoms. The third-order valence-electron chi connectivity index (χ3n) is 4.06. The molecule has 1 aromatic rings. The van der Waals surface area contributed by atoms with Crippen LogP contribution in [0, 0.1) is 23.2 Å². The van der Waals surface area contributed by atoms with Crippen molar-refractivity contribution >= 4 is 27.9 Å². The van der Waals surface area contributed by atoms with Crippen LogP contribution < -0.4 is 16.4 Å². The van der Waals surface area contributed by atoms with Gasteiger partial charge < -0.3 is 16.4 Å². The van der Waals surface area contributed by atoms with Gasteiger partial charge in [-0.2, -0.15) is 5.26 Å². The molecule has 0 radical (unpaired) electrons. The Labute approximate surface area is 122 Å². The summed E-state index contributed by atoms with van der Waals surface area (Å²) in [4.78, 5) is 12.4. The van der Waals surface area contributed by atoms with Crippen LogP contribution in [0.1, 0.15) is 40.9 Å². The van der Waals surface area contributed by atoms with Gasteiger partial charge in [0.2, 0.25) is 0 Å². The van der Waals surface area contributed by atoms with E-state index in [9.17, 15) is 4.79 Å². The van der Waals surface area contributed by atoms with Crippen molar-refractivity contribution < 1.29 is 4.79 Å². The molecule has 4 N–H and O–H groups in total. The number of amides is 1. The van der Waals surface area contributed by atoms with E-state index < -0.39 is 0 Å². The highest BCUT2D eigenvalue weighted by Crippen LogP contribution is 2.47. The molecule has 1 heterocycles. The van der Waals surface area contributed by atoms with Gasteiger partial charge in [0.15, 0.2) is 0 Å². The highest BCUT2D eigenvalue weighted by molar-refractivity contribution is 7.17. The zero-order valence-corrected chi connectivity index (χ0v) is 12.2. The Hall–Kier alpha value is -1.74. The molecule has 2 fully saturated rings. The lowest BCUT2D eigenvalue weighted by Gasteiger charge is -2.18. The van der Waals surface area contributed by atoms with Crippen molar-refractivity contribution in [3.8, 4) is 6.07 Å². The first-order valence-electron chi connectivity index (χ1n) is 6.96. The van der Waals surface area contributed by atoms with Gasteiger partial charge in [-0.05, 0) is 37.5 Å². The maximum absolute atomic E-state index is 12.0. The van der Waals surface area contributed by atoms with Gasteiger partial charge in [-0.3, -0.25) is 4.79 Å². The van der Waals surface area contributed by atoms with Crippen LogP contribution in [0.15, 0.2) is 0 Å². The minimum Gasteiger partial charge on any atom is -0.396 e. The van der Waals surface area contributed by atoms with E-state index in [2.05, 4.69) is 16.7 Å². The average Bonchev–Trinajstić information content (AvgIpc) is 3.34. The van der Waals surface area contributed by atoms with Crippen molar-refractivity contribution in [2.45, 2.75) is 31.7 Å². The summed E-state index contributed by atoms with van der Waals surface area (Å²) in [7, 11) is 1.58. The average molecular weight is 290 g/mol. The van der Waals surface area contributed by atoms with E-state index in [1.807, 2.05) is 0 Å². The lowest BCUT2D eigenvalue weighted by Crippen LogP contribution is -2.26. The largest absolute Gasteiger partial charge is 0.396 e. The van der Waals surface area contributed by atoms with Crippen molar-refractivity contribution in [3.63, 3.8) is 0 Å². The van der Waals surface area contributed by atoms with Crippen LogP contribution in [0.25, 0.3) is 0 Å². The minimum absolute atomic E-state index is 0.229. The maximum Gasteiger partial charge on any atom is 0.256 e. The minimum atomic E-state index is -0.229. The van der Waals surface area contributed by atoms with E-state index in [0.29, 0.717) is 34.0 Å². The highest BCUT2D eigenvalue weighted by atomic mass is 32.1. The summed E-state index contributed by atoms with van der Waals surface area (Å²) in [5.41, 5.74) is 6.66. The van der Waals surface area contributed by atoms with E-state index in [0.717, 1.165) is 5.00 Å². The van der Waals surface area contributed by atoms with Gasteiger partial charge in [0.1, 0.15) is 15.9 Å². The monoisotopic (exact) mass is 290 g/mol. The van der Waals surface area contributed by atoms with E-state index in [1.165, 1.54) is 37.0 Å². The second kappa shape index (κ2) is 4.98. The number of nitrogen functional groups attached to an aromatic ring is 1. The first kappa shape index (κ1) is 13.3. The molecule has 2 aliphatic rings. The number of hydrogen-bond donors (Lipinski definition) is 3. The third kappa shape index (κ3) is 2.34. The van der Waals surface area contributed by atoms with Crippen molar-refractivity contribution in [1.82, 2.24) is 5.32 Å². The first-order chi connectivity index (χ1) is 9.65. The summed E-state index contributed by atoms with van der Waals surface area (Å²) in [6.45, 7) is 0. The van der Waals surface area contributed by atoms with Crippen LogP contribution in [0.3, 0.4) is 0 Å². The van der Waals surface area contributed by atoms with Gasteiger partial charge in [0.05, 0.1) is 11.3 Å². The fraction of sp³-hybridized carbons (Fsp3) is 0.571. The summed E-state index contributed by atoms with van der Waals surface area (Å²) in [6, 6.07) is 2.50. The summed E-state index contributed by atoms with van der Waals surface area (Å²) in [5, 5.41) is 16.0. The lowest BCUT2D eigenvalue weighted by atomic mass is 10.1. The Morgan fingerprint density at radius 1 is 1.40 bits per heavy atom. The smallest absolute Gasteiger partial charge is 0.256 e. The Morgan fingerprint density at radius 3 is 2.45 bits per heavy atom.